The maximum absolute atomic E-state index is 13.1. The Hall–Kier alpha value is -2.54. The molecule has 1 aliphatic rings. The van der Waals surface area contributed by atoms with Gasteiger partial charge in [-0.25, -0.2) is 4.98 Å². The number of thiazole rings is 1. The summed E-state index contributed by atoms with van der Waals surface area (Å²) in [7, 11) is 2.16. The van der Waals surface area contributed by atoms with E-state index in [4.69, 9.17) is 0 Å². The van der Waals surface area contributed by atoms with Gasteiger partial charge in [0.05, 0.1) is 6.04 Å². The Morgan fingerprint density at radius 1 is 1.00 bits per heavy atom. The minimum atomic E-state index is -0.116. The number of likely N-dealkylation sites (N-methyl/N-ethyl adjacent to an activating group) is 1. The third-order valence-electron chi connectivity index (χ3n) is 6.11. The minimum Gasteiger partial charge on any atom is -0.343 e. The highest BCUT2D eigenvalue weighted by Gasteiger charge is 2.23. The van der Waals surface area contributed by atoms with Gasteiger partial charge in [-0.05, 0) is 24.1 Å². The molecule has 1 aromatic heterocycles. The lowest BCUT2D eigenvalue weighted by molar-refractivity contribution is 0.0903. The van der Waals surface area contributed by atoms with Crippen LogP contribution in [0.15, 0.2) is 60.0 Å². The smallest absolute Gasteiger partial charge is 0.271 e. The first-order chi connectivity index (χ1) is 15.5. The van der Waals surface area contributed by atoms with E-state index in [-0.39, 0.29) is 11.9 Å². The number of piperazine rings is 1. The average Bonchev–Trinajstić information content (AvgIpc) is 3.31. The summed E-state index contributed by atoms with van der Waals surface area (Å²) in [6.07, 6.45) is 0. The molecule has 6 heteroatoms. The van der Waals surface area contributed by atoms with Crippen molar-refractivity contribution >= 4 is 17.2 Å². The molecule has 1 saturated heterocycles. The number of amides is 1. The van der Waals surface area contributed by atoms with Gasteiger partial charge >= 0.3 is 0 Å². The van der Waals surface area contributed by atoms with Gasteiger partial charge in [0.25, 0.3) is 5.91 Å². The van der Waals surface area contributed by atoms with E-state index in [1.54, 1.807) is 0 Å². The predicted molar refractivity (Wildman–Crippen MR) is 132 cm³/mol. The number of rotatable bonds is 7. The van der Waals surface area contributed by atoms with Crippen LogP contribution >= 0.6 is 11.3 Å². The molecule has 5 nitrogen and oxygen atoms in total. The molecule has 3 aromatic rings. The zero-order valence-electron chi connectivity index (χ0n) is 19.1. The molecule has 1 aliphatic heterocycles. The minimum absolute atomic E-state index is 0.0671. The molecule has 1 amide bonds. The van der Waals surface area contributed by atoms with Gasteiger partial charge in [0.2, 0.25) is 0 Å². The molecule has 2 heterocycles. The van der Waals surface area contributed by atoms with Gasteiger partial charge in [-0.15, -0.1) is 11.3 Å². The summed E-state index contributed by atoms with van der Waals surface area (Å²) in [6.45, 7) is 9.32. The van der Waals surface area contributed by atoms with E-state index in [1.165, 1.54) is 16.9 Å². The molecule has 0 aliphatic carbocycles. The lowest BCUT2D eigenvalue weighted by atomic mass is 10.0. The second-order valence-corrected chi connectivity index (χ2v) is 9.71. The van der Waals surface area contributed by atoms with Gasteiger partial charge in [0.1, 0.15) is 10.7 Å². The Morgan fingerprint density at radius 2 is 1.69 bits per heavy atom. The summed E-state index contributed by atoms with van der Waals surface area (Å²) in [4.78, 5) is 22.5. The average molecular weight is 449 g/mol. The Morgan fingerprint density at radius 3 is 2.34 bits per heavy atom. The van der Waals surface area contributed by atoms with Crippen LogP contribution in [0.4, 0.5) is 0 Å². The van der Waals surface area contributed by atoms with Gasteiger partial charge in [-0.2, -0.15) is 0 Å². The summed E-state index contributed by atoms with van der Waals surface area (Å²) >= 11 is 1.52. The first kappa shape index (κ1) is 22.6. The van der Waals surface area contributed by atoms with Crippen molar-refractivity contribution in [3.05, 3.63) is 76.8 Å². The number of aromatic nitrogens is 1. The molecule has 2 aromatic carbocycles. The molecule has 1 atom stereocenters. The number of benzene rings is 2. The molecule has 168 valence electrons. The maximum Gasteiger partial charge on any atom is 0.271 e. The number of hydrogen-bond donors (Lipinski definition) is 1. The van der Waals surface area contributed by atoms with Crippen molar-refractivity contribution in [2.75, 3.05) is 39.8 Å². The van der Waals surface area contributed by atoms with E-state index in [1.807, 2.05) is 23.6 Å². The highest BCUT2D eigenvalue weighted by Crippen LogP contribution is 2.26. The van der Waals surface area contributed by atoms with Crippen molar-refractivity contribution in [3.63, 3.8) is 0 Å². The molecule has 0 saturated carbocycles. The predicted octanol–water partition coefficient (Wildman–Crippen LogP) is 4.65. The second-order valence-electron chi connectivity index (χ2n) is 8.86. The fraction of sp³-hybridized carbons (Fsp3) is 0.385. The largest absolute Gasteiger partial charge is 0.343 e. The summed E-state index contributed by atoms with van der Waals surface area (Å²) < 4.78 is 0. The summed E-state index contributed by atoms with van der Waals surface area (Å²) in [5.41, 5.74) is 3.96. The molecule has 1 N–H and O–H groups in total. The van der Waals surface area contributed by atoms with Crippen molar-refractivity contribution in [2.24, 2.45) is 0 Å². The van der Waals surface area contributed by atoms with Crippen LogP contribution in [0.25, 0.3) is 10.6 Å². The molecule has 0 spiro atoms. The molecule has 1 fully saturated rings. The SMILES string of the molecule is CC(C)c1ccc(-c2nc(C(=O)NC(CN3CCN(C)CC3)c3ccccc3)cs2)cc1. The van der Waals surface area contributed by atoms with Crippen molar-refractivity contribution in [3.8, 4) is 10.6 Å². The van der Waals surface area contributed by atoms with E-state index >= 15 is 0 Å². The molecule has 0 bridgehead atoms. The van der Waals surface area contributed by atoms with Gasteiger partial charge in [-0.1, -0.05) is 68.4 Å². The Balaban J connectivity index is 1.47. The third kappa shape index (κ3) is 5.63. The number of nitrogens with zero attached hydrogens (tertiary/aromatic N) is 3. The maximum atomic E-state index is 13.1. The molecule has 1 unspecified atom stereocenters. The lowest BCUT2D eigenvalue weighted by Gasteiger charge is -2.35. The highest BCUT2D eigenvalue weighted by atomic mass is 32.1. The lowest BCUT2D eigenvalue weighted by Crippen LogP contribution is -2.47. The van der Waals surface area contributed by atoms with Crippen molar-refractivity contribution in [1.29, 1.82) is 0 Å². The van der Waals surface area contributed by atoms with Crippen molar-refractivity contribution in [2.45, 2.75) is 25.8 Å². The number of carbonyl (C=O) groups excluding carboxylic acids is 1. The number of carbonyl (C=O) groups is 1. The second kappa shape index (κ2) is 10.4. The molecule has 4 rings (SSSR count). The monoisotopic (exact) mass is 448 g/mol. The zero-order valence-corrected chi connectivity index (χ0v) is 19.9. The third-order valence-corrected chi connectivity index (χ3v) is 7.00. The van der Waals surface area contributed by atoms with Crippen molar-refractivity contribution in [1.82, 2.24) is 20.1 Å². The normalized spacial score (nSPS) is 16.2. The fourth-order valence-corrected chi connectivity index (χ4v) is 4.77. The van der Waals surface area contributed by atoms with E-state index in [9.17, 15) is 4.79 Å². The van der Waals surface area contributed by atoms with Gasteiger partial charge in [-0.3, -0.25) is 9.69 Å². The fourth-order valence-electron chi connectivity index (χ4n) is 3.96. The number of nitrogens with one attached hydrogen (secondary N) is 1. The summed E-state index contributed by atoms with van der Waals surface area (Å²) in [6, 6.07) is 18.6. The first-order valence-corrected chi connectivity index (χ1v) is 12.2. The summed E-state index contributed by atoms with van der Waals surface area (Å²) in [5, 5.41) is 5.98. The van der Waals surface area contributed by atoms with Gasteiger partial charge in [0.15, 0.2) is 0 Å². The number of hydrogen-bond acceptors (Lipinski definition) is 5. The standard InChI is InChI=1S/C26H32N4OS/c1-19(2)20-9-11-22(12-10-20)26-28-24(18-32-26)25(31)27-23(21-7-5-4-6-8-21)17-30-15-13-29(3)14-16-30/h4-12,18-19,23H,13-17H2,1-3H3,(H,27,31). The van der Waals surface area contributed by atoms with Crippen LogP contribution in [0, 0.1) is 0 Å². The quantitative estimate of drug-likeness (QED) is 0.572. The van der Waals surface area contributed by atoms with Crippen molar-refractivity contribution < 1.29 is 4.79 Å². The van der Waals surface area contributed by atoms with Gasteiger partial charge in [0, 0.05) is 43.7 Å². The Bertz CT molecular complexity index is 1010. The van der Waals surface area contributed by atoms with Crippen LogP contribution in [0.2, 0.25) is 0 Å². The van der Waals surface area contributed by atoms with Crippen LogP contribution in [0.3, 0.4) is 0 Å². The Kier molecular flexibility index (Phi) is 7.35. The van der Waals surface area contributed by atoms with Crippen LogP contribution < -0.4 is 5.32 Å². The Labute approximate surface area is 195 Å². The van der Waals surface area contributed by atoms with Gasteiger partial charge < -0.3 is 10.2 Å². The van der Waals surface area contributed by atoms with Crippen LogP contribution in [-0.4, -0.2) is 60.5 Å². The first-order valence-electron chi connectivity index (χ1n) is 11.3. The molecular formula is C26H32N4OS. The zero-order chi connectivity index (χ0) is 22.5. The van der Waals surface area contributed by atoms with E-state index in [0.29, 0.717) is 11.6 Å². The molecular weight excluding hydrogens is 416 g/mol. The van der Waals surface area contributed by atoms with Crippen LogP contribution in [0.1, 0.15) is 47.4 Å². The topological polar surface area (TPSA) is 48.5 Å². The highest BCUT2D eigenvalue weighted by molar-refractivity contribution is 7.13. The molecule has 0 radical (unpaired) electrons. The van der Waals surface area contributed by atoms with Crippen LogP contribution in [-0.2, 0) is 0 Å². The van der Waals surface area contributed by atoms with E-state index < -0.39 is 0 Å². The van der Waals surface area contributed by atoms with E-state index in [0.717, 1.165) is 48.9 Å². The molecule has 32 heavy (non-hydrogen) atoms. The van der Waals surface area contributed by atoms with Crippen LogP contribution in [0.5, 0.6) is 0 Å². The van der Waals surface area contributed by atoms with E-state index in [2.05, 4.69) is 77.4 Å². The summed E-state index contributed by atoms with van der Waals surface area (Å²) in [5.74, 6) is 0.381.